The van der Waals surface area contributed by atoms with Gasteiger partial charge in [-0.15, -0.1) is 0 Å². The highest BCUT2D eigenvalue weighted by Gasteiger charge is 2.05. The summed E-state index contributed by atoms with van der Waals surface area (Å²) in [5.41, 5.74) is 2.09. The molecule has 5 heteroatoms. The number of nitrogens with one attached hydrogen (secondary N) is 2. The SMILES string of the molecule is CCCCCCCCCCCCCC(=O)NC(=S)Nc1ccc(OCCc2ccccc2)cc1. The topological polar surface area (TPSA) is 50.4 Å². The predicted molar refractivity (Wildman–Crippen MR) is 148 cm³/mol. The van der Waals surface area contributed by atoms with Crippen LogP contribution in [0.1, 0.15) is 89.5 Å². The fourth-order valence-corrected chi connectivity index (χ4v) is 4.10. The van der Waals surface area contributed by atoms with Crippen LogP contribution < -0.4 is 15.4 Å². The number of anilines is 1. The summed E-state index contributed by atoms with van der Waals surface area (Å²) in [5, 5.41) is 6.19. The maximum atomic E-state index is 12.1. The van der Waals surface area contributed by atoms with Gasteiger partial charge in [0.15, 0.2) is 5.11 Å². The molecule has 0 bridgehead atoms. The lowest BCUT2D eigenvalue weighted by molar-refractivity contribution is -0.119. The minimum atomic E-state index is -0.0192. The predicted octanol–water partition coefficient (Wildman–Crippen LogP) is 7.82. The normalized spacial score (nSPS) is 10.6. The molecule has 34 heavy (non-hydrogen) atoms. The number of carbonyl (C=O) groups excluding carboxylic acids is 1. The molecule has 0 heterocycles. The van der Waals surface area contributed by atoms with Gasteiger partial charge in [-0.1, -0.05) is 101 Å². The molecule has 2 aromatic rings. The Hall–Kier alpha value is -2.40. The number of thiocarbonyl (C=S) groups is 1. The van der Waals surface area contributed by atoms with E-state index in [1.807, 2.05) is 42.5 Å². The van der Waals surface area contributed by atoms with Crippen molar-refractivity contribution in [2.45, 2.75) is 90.4 Å². The van der Waals surface area contributed by atoms with E-state index >= 15 is 0 Å². The van der Waals surface area contributed by atoms with Gasteiger partial charge in [-0.25, -0.2) is 0 Å². The van der Waals surface area contributed by atoms with Crippen LogP contribution in [-0.2, 0) is 11.2 Å². The Kier molecular flexibility index (Phi) is 14.7. The van der Waals surface area contributed by atoms with E-state index in [0.29, 0.717) is 18.1 Å². The van der Waals surface area contributed by atoms with Gasteiger partial charge in [0.25, 0.3) is 0 Å². The van der Waals surface area contributed by atoms with Crippen LogP contribution in [-0.4, -0.2) is 17.6 Å². The molecule has 2 aromatic carbocycles. The third-order valence-corrected chi connectivity index (χ3v) is 6.08. The zero-order chi connectivity index (χ0) is 24.3. The summed E-state index contributed by atoms with van der Waals surface area (Å²) in [6.45, 7) is 2.89. The molecule has 0 radical (unpaired) electrons. The quantitative estimate of drug-likeness (QED) is 0.178. The number of amides is 1. The van der Waals surface area contributed by atoms with Crippen LogP contribution in [0, 0.1) is 0 Å². The average Bonchev–Trinajstić information content (AvgIpc) is 2.84. The number of hydrogen-bond donors (Lipinski definition) is 2. The second kappa shape index (κ2) is 18.0. The fraction of sp³-hybridized carbons (Fsp3) is 0.517. The van der Waals surface area contributed by atoms with Gasteiger partial charge in [0.1, 0.15) is 5.75 Å². The minimum absolute atomic E-state index is 0.0192. The number of unbranched alkanes of at least 4 members (excludes halogenated alkanes) is 10. The van der Waals surface area contributed by atoms with Gasteiger partial charge in [0, 0.05) is 18.5 Å². The Morgan fingerprint density at radius 1 is 0.794 bits per heavy atom. The summed E-state index contributed by atoms with van der Waals surface area (Å²) in [6.07, 6.45) is 15.4. The summed E-state index contributed by atoms with van der Waals surface area (Å²) < 4.78 is 5.81. The second-order valence-corrected chi connectivity index (χ2v) is 9.30. The number of carbonyl (C=O) groups is 1. The molecule has 1 amide bonds. The Labute approximate surface area is 211 Å². The van der Waals surface area contributed by atoms with Crippen LogP contribution in [0.4, 0.5) is 5.69 Å². The number of hydrogen-bond acceptors (Lipinski definition) is 3. The van der Waals surface area contributed by atoms with Gasteiger partial charge in [-0.05, 0) is 48.5 Å². The Morgan fingerprint density at radius 2 is 1.38 bits per heavy atom. The van der Waals surface area contributed by atoms with E-state index in [-0.39, 0.29) is 5.91 Å². The monoisotopic (exact) mass is 482 g/mol. The molecule has 0 aliphatic carbocycles. The highest BCUT2D eigenvalue weighted by Crippen LogP contribution is 2.16. The average molecular weight is 483 g/mol. The third kappa shape index (κ3) is 13.3. The fourth-order valence-electron chi connectivity index (χ4n) is 3.87. The summed E-state index contributed by atoms with van der Waals surface area (Å²) in [6, 6.07) is 17.9. The van der Waals surface area contributed by atoms with Crippen molar-refractivity contribution >= 4 is 28.9 Å². The largest absolute Gasteiger partial charge is 0.493 e. The molecule has 186 valence electrons. The summed E-state index contributed by atoms with van der Waals surface area (Å²) in [5.74, 6) is 0.794. The van der Waals surface area contributed by atoms with Gasteiger partial charge in [0.2, 0.25) is 5.91 Å². The van der Waals surface area contributed by atoms with Crippen LogP contribution in [0.5, 0.6) is 5.75 Å². The van der Waals surface area contributed by atoms with Gasteiger partial charge in [-0.3, -0.25) is 4.79 Å². The van der Waals surface area contributed by atoms with Crippen molar-refractivity contribution in [2.24, 2.45) is 0 Å². The minimum Gasteiger partial charge on any atom is -0.493 e. The summed E-state index contributed by atoms with van der Waals surface area (Å²) in [7, 11) is 0. The molecule has 0 fully saturated rings. The molecule has 4 nitrogen and oxygen atoms in total. The van der Waals surface area contributed by atoms with Gasteiger partial charge in [0.05, 0.1) is 6.61 Å². The van der Waals surface area contributed by atoms with E-state index in [4.69, 9.17) is 17.0 Å². The zero-order valence-electron chi connectivity index (χ0n) is 20.8. The molecular weight excluding hydrogens is 440 g/mol. The van der Waals surface area contributed by atoms with E-state index in [2.05, 4.69) is 29.7 Å². The van der Waals surface area contributed by atoms with Crippen LogP contribution in [0.25, 0.3) is 0 Å². The highest BCUT2D eigenvalue weighted by molar-refractivity contribution is 7.80. The van der Waals surface area contributed by atoms with Crippen LogP contribution >= 0.6 is 12.2 Å². The second-order valence-electron chi connectivity index (χ2n) is 8.90. The first-order valence-corrected chi connectivity index (χ1v) is 13.5. The molecule has 0 aliphatic heterocycles. The number of rotatable bonds is 17. The van der Waals surface area contributed by atoms with Crippen molar-refractivity contribution in [1.82, 2.24) is 5.32 Å². The van der Waals surface area contributed by atoms with Crippen molar-refractivity contribution in [3.05, 3.63) is 60.2 Å². The summed E-state index contributed by atoms with van der Waals surface area (Å²) >= 11 is 5.28. The van der Waals surface area contributed by atoms with Gasteiger partial charge >= 0.3 is 0 Å². The zero-order valence-corrected chi connectivity index (χ0v) is 21.6. The van der Waals surface area contributed by atoms with Crippen molar-refractivity contribution in [2.75, 3.05) is 11.9 Å². The van der Waals surface area contributed by atoms with E-state index in [0.717, 1.165) is 30.7 Å². The maximum absolute atomic E-state index is 12.1. The first-order chi connectivity index (χ1) is 16.7. The maximum Gasteiger partial charge on any atom is 0.226 e. The van der Waals surface area contributed by atoms with E-state index in [1.54, 1.807) is 0 Å². The van der Waals surface area contributed by atoms with E-state index < -0.39 is 0 Å². The standard InChI is InChI=1S/C29H42N2O2S/c1-2-3-4-5-6-7-8-9-10-11-15-18-28(32)31-29(34)30-26-19-21-27(22-20-26)33-24-23-25-16-13-12-14-17-25/h12-14,16-17,19-22H,2-11,15,18,23-24H2,1H3,(H2,30,31,32,34). The Bertz CT molecular complexity index is 809. The molecule has 0 saturated carbocycles. The van der Waals surface area contributed by atoms with E-state index in [9.17, 15) is 4.79 Å². The van der Waals surface area contributed by atoms with E-state index in [1.165, 1.54) is 63.4 Å². The smallest absolute Gasteiger partial charge is 0.226 e. The lowest BCUT2D eigenvalue weighted by Crippen LogP contribution is -2.33. The molecular formula is C29H42N2O2S. The molecule has 2 N–H and O–H groups in total. The van der Waals surface area contributed by atoms with Crippen LogP contribution in [0.3, 0.4) is 0 Å². The lowest BCUT2D eigenvalue weighted by atomic mass is 10.1. The summed E-state index contributed by atoms with van der Waals surface area (Å²) in [4.78, 5) is 12.1. The molecule has 0 spiro atoms. The third-order valence-electron chi connectivity index (χ3n) is 5.87. The molecule has 0 atom stereocenters. The molecule has 0 aliphatic rings. The van der Waals surface area contributed by atoms with Gasteiger partial charge < -0.3 is 15.4 Å². The van der Waals surface area contributed by atoms with Crippen molar-refractivity contribution < 1.29 is 9.53 Å². The first-order valence-electron chi connectivity index (χ1n) is 13.0. The molecule has 2 rings (SSSR count). The van der Waals surface area contributed by atoms with Gasteiger partial charge in [-0.2, -0.15) is 0 Å². The van der Waals surface area contributed by atoms with Crippen molar-refractivity contribution in [3.63, 3.8) is 0 Å². The Morgan fingerprint density at radius 3 is 2.00 bits per heavy atom. The lowest BCUT2D eigenvalue weighted by Gasteiger charge is -2.11. The molecule has 0 aromatic heterocycles. The van der Waals surface area contributed by atoms with Crippen molar-refractivity contribution in [3.8, 4) is 5.75 Å². The number of benzene rings is 2. The highest BCUT2D eigenvalue weighted by atomic mass is 32.1. The molecule has 0 unspecified atom stereocenters. The van der Waals surface area contributed by atoms with Crippen molar-refractivity contribution in [1.29, 1.82) is 0 Å². The number of ether oxygens (including phenoxy) is 1. The Balaban J connectivity index is 1.50. The first kappa shape index (κ1) is 27.8. The molecule has 0 saturated heterocycles. The van der Waals surface area contributed by atoms with Crippen LogP contribution in [0.15, 0.2) is 54.6 Å². The van der Waals surface area contributed by atoms with Crippen LogP contribution in [0.2, 0.25) is 0 Å².